The van der Waals surface area contributed by atoms with E-state index in [1.807, 2.05) is 43.3 Å². The SMILES string of the molecule is CCCCN(C(=O)C(CC(N)=O)NC(=O)OC(C)(C)C)C(C(=O)Nc1ccc2ccccc2c1)c1ccc(O)c(C)c1. The van der Waals surface area contributed by atoms with Gasteiger partial charge in [-0.3, -0.25) is 14.4 Å². The highest BCUT2D eigenvalue weighted by molar-refractivity contribution is 6.01. The Morgan fingerprint density at radius 2 is 1.69 bits per heavy atom. The van der Waals surface area contributed by atoms with E-state index < -0.39 is 47.9 Å². The number of nitrogens with two attached hydrogens (primary N) is 1. The number of fused-ring (bicyclic) bond motifs is 1. The van der Waals surface area contributed by atoms with Crippen molar-refractivity contribution in [2.75, 3.05) is 11.9 Å². The van der Waals surface area contributed by atoms with Gasteiger partial charge >= 0.3 is 6.09 Å². The van der Waals surface area contributed by atoms with Crippen LogP contribution in [0.4, 0.5) is 10.5 Å². The van der Waals surface area contributed by atoms with Crippen LogP contribution in [0.1, 0.15) is 64.1 Å². The van der Waals surface area contributed by atoms with E-state index in [2.05, 4.69) is 10.6 Å². The average molecular weight is 577 g/mol. The molecule has 0 aromatic heterocycles. The van der Waals surface area contributed by atoms with Crippen LogP contribution in [0.5, 0.6) is 5.75 Å². The van der Waals surface area contributed by atoms with Gasteiger partial charge in [0.05, 0.1) is 6.42 Å². The molecule has 0 radical (unpaired) electrons. The van der Waals surface area contributed by atoms with E-state index in [1.165, 1.54) is 11.0 Å². The Labute approximate surface area is 246 Å². The molecule has 3 rings (SSSR count). The summed E-state index contributed by atoms with van der Waals surface area (Å²) in [5, 5.41) is 17.5. The average Bonchev–Trinajstić information content (AvgIpc) is 2.90. The molecule has 0 heterocycles. The van der Waals surface area contributed by atoms with Crippen LogP contribution in [0.25, 0.3) is 10.8 Å². The number of nitrogens with zero attached hydrogens (tertiary/aromatic N) is 1. The van der Waals surface area contributed by atoms with Gasteiger partial charge in [-0.15, -0.1) is 0 Å². The molecular formula is C32H40N4O6. The number of aromatic hydroxyl groups is 1. The molecule has 0 saturated carbocycles. The summed E-state index contributed by atoms with van der Waals surface area (Å²) < 4.78 is 5.32. The maximum atomic E-state index is 14.1. The van der Waals surface area contributed by atoms with Crippen molar-refractivity contribution in [3.63, 3.8) is 0 Å². The van der Waals surface area contributed by atoms with Gasteiger partial charge < -0.3 is 31.1 Å². The van der Waals surface area contributed by atoms with E-state index in [0.717, 1.165) is 10.8 Å². The van der Waals surface area contributed by atoms with Gasteiger partial charge in [0.25, 0.3) is 5.91 Å². The van der Waals surface area contributed by atoms with Crippen molar-refractivity contribution in [3.05, 3.63) is 71.8 Å². The molecule has 0 spiro atoms. The van der Waals surface area contributed by atoms with Crippen molar-refractivity contribution >= 4 is 40.3 Å². The fourth-order valence-corrected chi connectivity index (χ4v) is 4.55. The molecule has 3 aromatic carbocycles. The summed E-state index contributed by atoms with van der Waals surface area (Å²) in [6.45, 7) is 8.80. The van der Waals surface area contributed by atoms with Gasteiger partial charge in [-0.1, -0.05) is 49.7 Å². The number of anilines is 1. The summed E-state index contributed by atoms with van der Waals surface area (Å²) in [5.41, 5.74) is 6.10. The number of ether oxygens (including phenoxy) is 1. The fraction of sp³-hybridized carbons (Fsp3) is 0.375. The van der Waals surface area contributed by atoms with Gasteiger partial charge in [0.1, 0.15) is 23.4 Å². The number of primary amides is 1. The third-order valence-corrected chi connectivity index (χ3v) is 6.54. The monoisotopic (exact) mass is 576 g/mol. The van der Waals surface area contributed by atoms with E-state index in [9.17, 15) is 24.3 Å². The van der Waals surface area contributed by atoms with Crippen LogP contribution in [0.2, 0.25) is 0 Å². The Bertz CT molecular complexity index is 1450. The molecule has 42 heavy (non-hydrogen) atoms. The number of hydrogen-bond donors (Lipinski definition) is 4. The van der Waals surface area contributed by atoms with E-state index in [4.69, 9.17) is 10.5 Å². The lowest BCUT2D eigenvalue weighted by molar-refractivity contribution is -0.142. The molecule has 0 aliphatic carbocycles. The minimum atomic E-state index is -1.37. The Hall–Kier alpha value is -4.60. The van der Waals surface area contributed by atoms with Gasteiger partial charge in [-0.05, 0) is 80.3 Å². The third kappa shape index (κ3) is 8.70. The summed E-state index contributed by atoms with van der Waals surface area (Å²) in [7, 11) is 0. The molecule has 0 fully saturated rings. The first kappa shape index (κ1) is 31.9. The van der Waals surface area contributed by atoms with Gasteiger partial charge in [0.15, 0.2) is 0 Å². The summed E-state index contributed by atoms with van der Waals surface area (Å²) in [6, 6.07) is 15.4. The van der Waals surface area contributed by atoms with Crippen LogP contribution < -0.4 is 16.4 Å². The quantitative estimate of drug-likeness (QED) is 0.254. The highest BCUT2D eigenvalue weighted by Gasteiger charge is 2.37. The molecule has 3 aromatic rings. The Balaban J connectivity index is 2.05. The zero-order valence-corrected chi connectivity index (χ0v) is 24.8. The number of carbonyl (C=O) groups excluding carboxylic acids is 4. The Kier molecular flexibility index (Phi) is 10.5. The van der Waals surface area contributed by atoms with E-state index in [-0.39, 0.29) is 12.3 Å². The Morgan fingerprint density at radius 1 is 1.00 bits per heavy atom. The van der Waals surface area contributed by atoms with Gasteiger partial charge in [0, 0.05) is 12.2 Å². The predicted octanol–water partition coefficient (Wildman–Crippen LogP) is 4.93. The first-order valence-electron chi connectivity index (χ1n) is 14.0. The van der Waals surface area contributed by atoms with E-state index in [1.54, 1.807) is 45.9 Å². The number of rotatable bonds is 11. The molecule has 0 saturated heterocycles. The number of nitrogens with one attached hydrogen (secondary N) is 2. The first-order valence-corrected chi connectivity index (χ1v) is 14.0. The number of aryl methyl sites for hydroxylation is 1. The largest absolute Gasteiger partial charge is 0.508 e. The lowest BCUT2D eigenvalue weighted by atomic mass is 9.99. The molecule has 5 N–H and O–H groups in total. The van der Waals surface area contributed by atoms with Crippen LogP contribution in [-0.2, 0) is 19.1 Å². The number of amides is 4. The lowest BCUT2D eigenvalue weighted by Crippen LogP contribution is -2.53. The number of phenolic OH excluding ortho intramolecular Hbond substituents is 1. The van der Waals surface area contributed by atoms with E-state index in [0.29, 0.717) is 29.7 Å². The molecule has 2 unspecified atom stereocenters. The highest BCUT2D eigenvalue weighted by Crippen LogP contribution is 2.29. The molecule has 224 valence electrons. The smallest absolute Gasteiger partial charge is 0.408 e. The van der Waals surface area contributed by atoms with Crippen molar-refractivity contribution in [1.29, 1.82) is 0 Å². The molecule has 4 amide bonds. The predicted molar refractivity (Wildman–Crippen MR) is 162 cm³/mol. The van der Waals surface area contributed by atoms with Gasteiger partial charge in [-0.25, -0.2) is 4.79 Å². The zero-order chi connectivity index (χ0) is 31.0. The van der Waals surface area contributed by atoms with Gasteiger partial charge in [0.2, 0.25) is 11.8 Å². The molecule has 0 aliphatic rings. The molecular weight excluding hydrogens is 536 g/mol. The molecule has 0 aliphatic heterocycles. The van der Waals surface area contributed by atoms with Crippen molar-refractivity contribution in [1.82, 2.24) is 10.2 Å². The molecule has 10 nitrogen and oxygen atoms in total. The number of unbranched alkanes of at least 4 members (excludes halogenated alkanes) is 1. The second-order valence-corrected chi connectivity index (χ2v) is 11.3. The second-order valence-electron chi connectivity index (χ2n) is 11.3. The normalized spacial score (nSPS) is 12.7. The van der Waals surface area contributed by atoms with Crippen LogP contribution >= 0.6 is 0 Å². The van der Waals surface area contributed by atoms with Crippen LogP contribution in [-0.4, -0.2) is 52.0 Å². The van der Waals surface area contributed by atoms with Crippen LogP contribution in [0.3, 0.4) is 0 Å². The minimum Gasteiger partial charge on any atom is -0.508 e. The maximum Gasteiger partial charge on any atom is 0.408 e. The summed E-state index contributed by atoms with van der Waals surface area (Å²) in [6.07, 6.45) is -0.139. The van der Waals surface area contributed by atoms with Crippen molar-refractivity contribution < 1.29 is 29.0 Å². The fourth-order valence-electron chi connectivity index (χ4n) is 4.55. The number of phenols is 1. The molecule has 2 atom stereocenters. The topological polar surface area (TPSA) is 151 Å². The summed E-state index contributed by atoms with van der Waals surface area (Å²) in [4.78, 5) is 54.1. The first-order chi connectivity index (χ1) is 19.8. The number of carbonyl (C=O) groups is 4. The maximum absolute atomic E-state index is 14.1. The molecule has 10 heteroatoms. The lowest BCUT2D eigenvalue weighted by Gasteiger charge is -2.34. The number of hydrogen-bond acceptors (Lipinski definition) is 6. The standard InChI is InChI=1S/C32H40N4O6/c1-6-7-16-36(30(40)25(19-27(33)38)35-31(41)42-32(3,4)5)28(23-13-15-26(37)20(2)17-23)29(39)34-24-14-12-21-10-8-9-11-22(21)18-24/h8-15,17-18,25,28,37H,6-7,16,19H2,1-5H3,(H2,33,38)(H,34,39)(H,35,41). The van der Waals surface area contributed by atoms with Gasteiger partial charge in [-0.2, -0.15) is 0 Å². The minimum absolute atomic E-state index is 0.0390. The highest BCUT2D eigenvalue weighted by atomic mass is 16.6. The van der Waals surface area contributed by atoms with Crippen LogP contribution in [0, 0.1) is 6.92 Å². The summed E-state index contributed by atoms with van der Waals surface area (Å²) in [5.74, 6) is -1.94. The Morgan fingerprint density at radius 3 is 2.31 bits per heavy atom. The van der Waals surface area contributed by atoms with Crippen molar-refractivity contribution in [3.8, 4) is 5.75 Å². The second kappa shape index (κ2) is 13.8. The third-order valence-electron chi connectivity index (χ3n) is 6.54. The number of benzene rings is 3. The van der Waals surface area contributed by atoms with Crippen molar-refractivity contribution in [2.45, 2.75) is 71.6 Å². The zero-order valence-electron chi connectivity index (χ0n) is 24.8. The summed E-state index contributed by atoms with van der Waals surface area (Å²) >= 11 is 0. The number of alkyl carbamates (subject to hydrolysis) is 1. The molecule has 0 bridgehead atoms. The van der Waals surface area contributed by atoms with E-state index >= 15 is 0 Å². The van der Waals surface area contributed by atoms with Crippen LogP contribution in [0.15, 0.2) is 60.7 Å². The van der Waals surface area contributed by atoms with Crippen molar-refractivity contribution in [2.24, 2.45) is 5.73 Å².